The van der Waals surface area contributed by atoms with Gasteiger partial charge in [0, 0.05) is 16.0 Å². The third-order valence-electron chi connectivity index (χ3n) is 3.76. The fourth-order valence-electron chi connectivity index (χ4n) is 2.42. The number of rotatable bonds is 3. The summed E-state index contributed by atoms with van der Waals surface area (Å²) in [4.78, 5) is 14.9. The minimum atomic E-state index is -0.522. The molecule has 0 aliphatic rings. The molecule has 1 amide bonds. The number of benzene rings is 2. The van der Waals surface area contributed by atoms with Crippen LogP contribution < -0.4 is 0 Å². The Kier molecular flexibility index (Phi) is 4.36. The van der Waals surface area contributed by atoms with Gasteiger partial charge in [-0.15, -0.1) is 10.2 Å². The number of nitrogens with zero attached hydrogens (tertiary/aromatic N) is 2. The molecular formula is C18H16ClN3O2. The summed E-state index contributed by atoms with van der Waals surface area (Å²) in [6, 6.07) is 12.3. The number of amides is 1. The van der Waals surface area contributed by atoms with Gasteiger partial charge in [-0.05, 0) is 41.8 Å². The van der Waals surface area contributed by atoms with Gasteiger partial charge < -0.3 is 10.1 Å². The van der Waals surface area contributed by atoms with E-state index in [9.17, 15) is 9.90 Å². The molecule has 0 aliphatic heterocycles. The monoisotopic (exact) mass is 341 g/mol. The predicted molar refractivity (Wildman–Crippen MR) is 94.4 cm³/mol. The maximum absolute atomic E-state index is 12.1. The first kappa shape index (κ1) is 16.2. The second-order valence-corrected chi connectivity index (χ2v) is 6.23. The van der Waals surface area contributed by atoms with Crippen LogP contribution in [-0.4, -0.2) is 16.0 Å². The first-order valence-corrected chi connectivity index (χ1v) is 7.89. The van der Waals surface area contributed by atoms with Gasteiger partial charge in [0.05, 0.1) is 5.52 Å². The molecular weight excluding hydrogens is 326 g/mol. The minimum absolute atomic E-state index is 0.117. The molecule has 1 aromatic heterocycles. The van der Waals surface area contributed by atoms with Crippen molar-refractivity contribution in [3.63, 3.8) is 0 Å². The van der Waals surface area contributed by atoms with Crippen molar-refractivity contribution in [3.8, 4) is 5.88 Å². The standard InChI is InChI=1S/C18H16ClN3O2/c1-10(2)11-6-7-15-14(9-11)16(18(24)20-15)21-22-17(23)12-4-3-5-13(19)8-12/h3-10,20,24H,1-2H3. The molecule has 0 atom stereocenters. The molecule has 2 N–H and O–H groups in total. The summed E-state index contributed by atoms with van der Waals surface area (Å²) in [5.41, 5.74) is 2.44. The van der Waals surface area contributed by atoms with Crippen LogP contribution in [0.25, 0.3) is 10.9 Å². The molecule has 5 nitrogen and oxygen atoms in total. The van der Waals surface area contributed by atoms with Crippen LogP contribution in [0.15, 0.2) is 52.7 Å². The molecule has 6 heteroatoms. The van der Waals surface area contributed by atoms with Gasteiger partial charge in [-0.25, -0.2) is 0 Å². The van der Waals surface area contributed by atoms with Crippen molar-refractivity contribution in [2.45, 2.75) is 19.8 Å². The Morgan fingerprint density at radius 3 is 2.71 bits per heavy atom. The summed E-state index contributed by atoms with van der Waals surface area (Å²) in [5, 5.41) is 18.9. The van der Waals surface area contributed by atoms with Crippen molar-refractivity contribution in [2.24, 2.45) is 10.2 Å². The third kappa shape index (κ3) is 3.16. The van der Waals surface area contributed by atoms with E-state index < -0.39 is 5.91 Å². The molecule has 0 spiro atoms. The summed E-state index contributed by atoms with van der Waals surface area (Å²) in [6.45, 7) is 4.16. The molecule has 122 valence electrons. The maximum Gasteiger partial charge on any atom is 0.295 e. The number of hydrogen-bond donors (Lipinski definition) is 2. The van der Waals surface area contributed by atoms with Crippen molar-refractivity contribution < 1.29 is 9.90 Å². The lowest BCUT2D eigenvalue weighted by Gasteiger charge is -2.04. The van der Waals surface area contributed by atoms with Crippen LogP contribution >= 0.6 is 11.6 Å². The highest BCUT2D eigenvalue weighted by atomic mass is 35.5. The van der Waals surface area contributed by atoms with E-state index in [1.807, 2.05) is 18.2 Å². The fraction of sp³-hybridized carbons (Fsp3) is 0.167. The van der Waals surface area contributed by atoms with E-state index in [0.29, 0.717) is 16.5 Å². The number of halogens is 1. The van der Waals surface area contributed by atoms with Crippen molar-refractivity contribution >= 4 is 34.1 Å². The van der Waals surface area contributed by atoms with Gasteiger partial charge in [-0.2, -0.15) is 0 Å². The number of carbonyl (C=O) groups is 1. The van der Waals surface area contributed by atoms with Gasteiger partial charge in [0.25, 0.3) is 5.91 Å². The van der Waals surface area contributed by atoms with Crippen LogP contribution in [0.5, 0.6) is 5.88 Å². The van der Waals surface area contributed by atoms with Crippen LogP contribution in [0, 0.1) is 0 Å². The first-order valence-electron chi connectivity index (χ1n) is 7.52. The molecule has 2 aromatic carbocycles. The van der Waals surface area contributed by atoms with Crippen LogP contribution in [0.3, 0.4) is 0 Å². The van der Waals surface area contributed by atoms with Crippen molar-refractivity contribution in [2.75, 3.05) is 0 Å². The van der Waals surface area contributed by atoms with Crippen molar-refractivity contribution in [1.82, 2.24) is 4.98 Å². The van der Waals surface area contributed by atoms with E-state index in [1.165, 1.54) is 6.07 Å². The zero-order valence-electron chi connectivity index (χ0n) is 13.2. The Balaban J connectivity index is 1.98. The molecule has 0 unspecified atom stereocenters. The number of nitrogens with one attached hydrogen (secondary N) is 1. The maximum atomic E-state index is 12.1. The van der Waals surface area contributed by atoms with Gasteiger partial charge in [0.15, 0.2) is 5.69 Å². The lowest BCUT2D eigenvalue weighted by atomic mass is 10.0. The van der Waals surface area contributed by atoms with Crippen molar-refractivity contribution in [1.29, 1.82) is 0 Å². The quantitative estimate of drug-likeness (QED) is 0.610. The Bertz CT molecular complexity index is 945. The van der Waals surface area contributed by atoms with Gasteiger partial charge in [0.1, 0.15) is 0 Å². The zero-order chi connectivity index (χ0) is 17.3. The van der Waals surface area contributed by atoms with E-state index >= 15 is 0 Å². The molecule has 0 bridgehead atoms. The molecule has 0 fully saturated rings. The van der Waals surface area contributed by atoms with Crippen molar-refractivity contribution in [3.05, 3.63) is 58.6 Å². The second kappa shape index (κ2) is 6.45. The van der Waals surface area contributed by atoms with Crippen LogP contribution in [0.1, 0.15) is 35.7 Å². The highest BCUT2D eigenvalue weighted by Gasteiger charge is 2.13. The first-order chi connectivity index (χ1) is 11.5. The lowest BCUT2D eigenvalue weighted by Crippen LogP contribution is -1.92. The predicted octanol–water partition coefficient (Wildman–Crippen LogP) is 5.57. The topological polar surface area (TPSA) is 77.8 Å². The number of H-pyrrole nitrogens is 1. The molecule has 0 aliphatic carbocycles. The van der Waals surface area contributed by atoms with E-state index in [1.54, 1.807) is 18.2 Å². The molecule has 24 heavy (non-hydrogen) atoms. The van der Waals surface area contributed by atoms with E-state index in [0.717, 1.165) is 16.5 Å². The summed E-state index contributed by atoms with van der Waals surface area (Å²) >= 11 is 5.87. The van der Waals surface area contributed by atoms with E-state index in [2.05, 4.69) is 29.1 Å². The van der Waals surface area contributed by atoms with Gasteiger partial charge in [-0.3, -0.25) is 4.79 Å². The molecule has 1 heterocycles. The number of aromatic amines is 1. The number of fused-ring (bicyclic) bond motifs is 1. The highest BCUT2D eigenvalue weighted by Crippen LogP contribution is 2.37. The van der Waals surface area contributed by atoms with Crippen LogP contribution in [-0.2, 0) is 0 Å². The average molecular weight is 342 g/mol. The summed E-state index contributed by atoms with van der Waals surface area (Å²) in [6.07, 6.45) is 0. The Labute approximate surface area is 144 Å². The van der Waals surface area contributed by atoms with Gasteiger partial charge in [-0.1, -0.05) is 37.6 Å². The Hall–Kier alpha value is -2.66. The van der Waals surface area contributed by atoms with Gasteiger partial charge >= 0.3 is 0 Å². The molecule has 3 rings (SSSR count). The van der Waals surface area contributed by atoms with Gasteiger partial charge in [0.2, 0.25) is 5.88 Å². The normalized spacial score (nSPS) is 11.7. The zero-order valence-corrected chi connectivity index (χ0v) is 14.0. The number of hydrogen-bond acceptors (Lipinski definition) is 3. The molecule has 3 aromatic rings. The Morgan fingerprint density at radius 1 is 1.21 bits per heavy atom. The number of aromatic hydroxyl groups is 1. The smallest absolute Gasteiger partial charge is 0.295 e. The molecule has 0 radical (unpaired) electrons. The second-order valence-electron chi connectivity index (χ2n) is 5.80. The average Bonchev–Trinajstić information content (AvgIpc) is 2.87. The molecule has 0 saturated carbocycles. The summed E-state index contributed by atoms with van der Waals surface area (Å²) in [5.74, 6) is -0.302. The van der Waals surface area contributed by atoms with E-state index in [4.69, 9.17) is 11.6 Å². The lowest BCUT2D eigenvalue weighted by molar-refractivity contribution is 0.0995. The Morgan fingerprint density at radius 2 is 2.00 bits per heavy atom. The highest BCUT2D eigenvalue weighted by molar-refractivity contribution is 6.30. The third-order valence-corrected chi connectivity index (χ3v) is 3.99. The number of carbonyl (C=O) groups excluding carboxylic acids is 1. The largest absolute Gasteiger partial charge is 0.493 e. The molecule has 0 saturated heterocycles. The minimum Gasteiger partial charge on any atom is -0.493 e. The summed E-state index contributed by atoms with van der Waals surface area (Å²) < 4.78 is 0. The fourth-order valence-corrected chi connectivity index (χ4v) is 2.61. The van der Waals surface area contributed by atoms with Crippen LogP contribution in [0.2, 0.25) is 5.02 Å². The SMILES string of the molecule is CC(C)c1ccc2[nH]c(O)c(N=NC(=O)c3cccc(Cl)c3)c2c1. The number of aromatic nitrogens is 1. The summed E-state index contributed by atoms with van der Waals surface area (Å²) in [7, 11) is 0. The number of azo groups is 1. The van der Waals surface area contributed by atoms with Crippen LogP contribution in [0.4, 0.5) is 5.69 Å². The van der Waals surface area contributed by atoms with E-state index in [-0.39, 0.29) is 11.6 Å².